The molecule has 0 unspecified atom stereocenters. The van der Waals surface area contributed by atoms with Crippen molar-refractivity contribution in [3.8, 4) is 0 Å². The third kappa shape index (κ3) is 2.84. The second-order valence-electron chi connectivity index (χ2n) is 4.25. The molecule has 0 amide bonds. The summed E-state index contributed by atoms with van der Waals surface area (Å²) in [6.07, 6.45) is 0. The van der Waals surface area contributed by atoms with Gasteiger partial charge in [-0.05, 0) is 37.5 Å². The largest absolute Gasteiger partial charge is 0.369 e. The Labute approximate surface area is 97.9 Å². The van der Waals surface area contributed by atoms with Crippen molar-refractivity contribution in [2.45, 2.75) is 33.6 Å². The fraction of sp³-hybridized carbons (Fsp3) is 0.500. The van der Waals surface area contributed by atoms with Gasteiger partial charge < -0.3 is 4.90 Å². The summed E-state index contributed by atoms with van der Waals surface area (Å²) in [7, 11) is 0. The van der Waals surface area contributed by atoms with Crippen LogP contribution in [0.4, 0.5) is 5.69 Å². The fourth-order valence-electron chi connectivity index (χ4n) is 1.78. The second-order valence-corrected chi connectivity index (χ2v) is 4.25. The standard InChI is InChI=1S/C14H21NO/c1-5-15(6-2)13-10-12(11(3)4)8-7-9-14(13)16/h7-11H,5-6H2,1-4H3. The van der Waals surface area contributed by atoms with Gasteiger partial charge in [0, 0.05) is 13.1 Å². The van der Waals surface area contributed by atoms with E-state index in [-0.39, 0.29) is 5.43 Å². The van der Waals surface area contributed by atoms with Crippen molar-refractivity contribution in [3.05, 3.63) is 40.1 Å². The lowest BCUT2D eigenvalue weighted by molar-refractivity contribution is 0.847. The first kappa shape index (κ1) is 12.8. The summed E-state index contributed by atoms with van der Waals surface area (Å²) in [5.74, 6) is 0.445. The molecule has 0 aliphatic heterocycles. The second kappa shape index (κ2) is 5.69. The van der Waals surface area contributed by atoms with Crippen molar-refractivity contribution in [1.82, 2.24) is 0 Å². The molecule has 0 fully saturated rings. The molecule has 0 saturated heterocycles. The first-order chi connectivity index (χ1) is 7.60. The van der Waals surface area contributed by atoms with Crippen LogP contribution >= 0.6 is 0 Å². The van der Waals surface area contributed by atoms with Crippen LogP contribution in [0.2, 0.25) is 0 Å². The predicted molar refractivity (Wildman–Crippen MR) is 70.4 cm³/mol. The number of nitrogens with zero attached hydrogens (tertiary/aromatic N) is 1. The Balaban J connectivity index is 3.32. The summed E-state index contributed by atoms with van der Waals surface area (Å²) in [6, 6.07) is 7.56. The maximum atomic E-state index is 11.9. The minimum absolute atomic E-state index is 0.107. The number of anilines is 1. The Bertz CT molecular complexity index is 394. The third-order valence-corrected chi connectivity index (χ3v) is 2.86. The molecule has 1 aromatic carbocycles. The summed E-state index contributed by atoms with van der Waals surface area (Å²) in [4.78, 5) is 14.0. The number of hydrogen-bond donors (Lipinski definition) is 0. The highest BCUT2D eigenvalue weighted by molar-refractivity contribution is 5.47. The Morgan fingerprint density at radius 1 is 1.19 bits per heavy atom. The molecule has 0 radical (unpaired) electrons. The molecule has 88 valence electrons. The van der Waals surface area contributed by atoms with Gasteiger partial charge in [-0.1, -0.05) is 26.0 Å². The topological polar surface area (TPSA) is 20.3 Å². The van der Waals surface area contributed by atoms with Crippen molar-refractivity contribution in [2.75, 3.05) is 18.0 Å². The predicted octanol–water partition coefficient (Wildman–Crippen LogP) is 3.02. The van der Waals surface area contributed by atoms with Gasteiger partial charge >= 0.3 is 0 Å². The fourth-order valence-corrected chi connectivity index (χ4v) is 1.78. The highest BCUT2D eigenvalue weighted by Crippen LogP contribution is 2.17. The number of rotatable bonds is 4. The Hall–Kier alpha value is -1.31. The van der Waals surface area contributed by atoms with E-state index in [1.807, 2.05) is 18.2 Å². The van der Waals surface area contributed by atoms with Gasteiger partial charge in [-0.15, -0.1) is 0 Å². The van der Waals surface area contributed by atoms with E-state index in [0.29, 0.717) is 5.92 Å². The summed E-state index contributed by atoms with van der Waals surface area (Å²) in [5.41, 5.74) is 2.14. The molecule has 0 aliphatic carbocycles. The molecule has 2 heteroatoms. The van der Waals surface area contributed by atoms with Crippen LogP contribution in [0.3, 0.4) is 0 Å². The molecule has 0 aliphatic rings. The highest BCUT2D eigenvalue weighted by atomic mass is 16.1. The molecule has 0 atom stereocenters. The molecule has 0 heterocycles. The zero-order valence-corrected chi connectivity index (χ0v) is 10.7. The van der Waals surface area contributed by atoms with Crippen LogP contribution in [-0.4, -0.2) is 13.1 Å². The summed E-state index contributed by atoms with van der Waals surface area (Å²) in [6.45, 7) is 10.2. The van der Waals surface area contributed by atoms with E-state index in [1.165, 1.54) is 5.56 Å². The van der Waals surface area contributed by atoms with Crippen molar-refractivity contribution in [3.63, 3.8) is 0 Å². The summed E-state index contributed by atoms with van der Waals surface area (Å²) in [5, 5.41) is 0. The van der Waals surface area contributed by atoms with E-state index >= 15 is 0 Å². The van der Waals surface area contributed by atoms with Crippen LogP contribution in [0.5, 0.6) is 0 Å². The normalized spacial score (nSPS) is 10.6. The minimum Gasteiger partial charge on any atom is -0.369 e. The molecule has 0 N–H and O–H groups in total. The molecular formula is C14H21NO. The van der Waals surface area contributed by atoms with Gasteiger partial charge in [0.25, 0.3) is 0 Å². The lowest BCUT2D eigenvalue weighted by Gasteiger charge is -2.19. The molecule has 1 rings (SSSR count). The van der Waals surface area contributed by atoms with Crippen LogP contribution in [0.1, 0.15) is 39.2 Å². The Morgan fingerprint density at radius 3 is 2.31 bits per heavy atom. The van der Waals surface area contributed by atoms with E-state index < -0.39 is 0 Å². The van der Waals surface area contributed by atoms with E-state index in [4.69, 9.17) is 0 Å². The first-order valence-corrected chi connectivity index (χ1v) is 5.99. The molecule has 0 bridgehead atoms. The van der Waals surface area contributed by atoms with E-state index in [2.05, 4.69) is 32.6 Å². The van der Waals surface area contributed by atoms with Crippen LogP contribution in [0.25, 0.3) is 0 Å². The van der Waals surface area contributed by atoms with E-state index in [0.717, 1.165) is 18.8 Å². The molecule has 16 heavy (non-hydrogen) atoms. The van der Waals surface area contributed by atoms with Crippen molar-refractivity contribution >= 4 is 5.69 Å². The van der Waals surface area contributed by atoms with Crippen LogP contribution < -0.4 is 10.3 Å². The van der Waals surface area contributed by atoms with Gasteiger partial charge in [-0.3, -0.25) is 4.79 Å². The maximum absolute atomic E-state index is 11.9. The maximum Gasteiger partial charge on any atom is 0.201 e. The molecular weight excluding hydrogens is 198 g/mol. The molecule has 2 nitrogen and oxygen atoms in total. The lowest BCUT2D eigenvalue weighted by atomic mass is 10.1. The average Bonchev–Trinajstić information content (AvgIpc) is 2.44. The zero-order valence-electron chi connectivity index (χ0n) is 10.7. The first-order valence-electron chi connectivity index (χ1n) is 5.99. The van der Waals surface area contributed by atoms with Crippen LogP contribution in [0, 0.1) is 0 Å². The smallest absolute Gasteiger partial charge is 0.201 e. The molecule has 0 aromatic heterocycles. The van der Waals surface area contributed by atoms with Gasteiger partial charge in [0.1, 0.15) is 0 Å². The molecule has 0 saturated carbocycles. The molecule has 0 spiro atoms. The SMILES string of the molecule is CCN(CC)c1cc(C(C)C)cccc1=O. The van der Waals surface area contributed by atoms with Crippen LogP contribution in [0.15, 0.2) is 29.1 Å². The van der Waals surface area contributed by atoms with Crippen molar-refractivity contribution < 1.29 is 0 Å². The Morgan fingerprint density at radius 2 is 1.81 bits per heavy atom. The van der Waals surface area contributed by atoms with Gasteiger partial charge in [-0.25, -0.2) is 0 Å². The zero-order chi connectivity index (χ0) is 12.1. The summed E-state index contributed by atoms with van der Waals surface area (Å²) < 4.78 is 0. The molecule has 1 aromatic rings. The van der Waals surface area contributed by atoms with Gasteiger partial charge in [-0.2, -0.15) is 0 Å². The monoisotopic (exact) mass is 219 g/mol. The van der Waals surface area contributed by atoms with Gasteiger partial charge in [0.2, 0.25) is 5.43 Å². The van der Waals surface area contributed by atoms with Crippen molar-refractivity contribution in [1.29, 1.82) is 0 Å². The quantitative estimate of drug-likeness (QED) is 0.776. The average molecular weight is 219 g/mol. The lowest BCUT2D eigenvalue weighted by Crippen LogP contribution is -2.26. The summed E-state index contributed by atoms with van der Waals surface area (Å²) >= 11 is 0. The van der Waals surface area contributed by atoms with Crippen LogP contribution in [-0.2, 0) is 0 Å². The number of hydrogen-bond acceptors (Lipinski definition) is 2. The van der Waals surface area contributed by atoms with Crippen molar-refractivity contribution in [2.24, 2.45) is 0 Å². The van der Waals surface area contributed by atoms with Gasteiger partial charge in [0.05, 0.1) is 5.69 Å². The Kier molecular flexibility index (Phi) is 4.53. The van der Waals surface area contributed by atoms with E-state index in [1.54, 1.807) is 6.07 Å². The van der Waals surface area contributed by atoms with E-state index in [9.17, 15) is 4.79 Å². The van der Waals surface area contributed by atoms with Gasteiger partial charge in [0.15, 0.2) is 0 Å². The third-order valence-electron chi connectivity index (χ3n) is 2.86. The highest BCUT2D eigenvalue weighted by Gasteiger charge is 2.07. The minimum atomic E-state index is 0.107.